The van der Waals surface area contributed by atoms with E-state index < -0.39 is 12.2 Å². The van der Waals surface area contributed by atoms with Crippen LogP contribution in [0.25, 0.3) is 0 Å². The summed E-state index contributed by atoms with van der Waals surface area (Å²) >= 11 is 0. The van der Waals surface area contributed by atoms with Gasteiger partial charge in [-0.1, -0.05) is 0 Å². The van der Waals surface area contributed by atoms with Crippen LogP contribution in [0, 0.1) is 0 Å². The standard InChI is InChI=1S/C11H12N2O3/c1-8-10(14)13(11(15)16-8)7-4-9-2-5-12-6-3-9/h2-3,5-6,8H,4,7H2,1H3. The van der Waals surface area contributed by atoms with Gasteiger partial charge in [-0.25, -0.2) is 9.69 Å². The monoisotopic (exact) mass is 220 g/mol. The molecular formula is C11H12N2O3. The fourth-order valence-corrected chi connectivity index (χ4v) is 1.57. The van der Waals surface area contributed by atoms with E-state index in [1.165, 1.54) is 0 Å². The fraction of sp³-hybridized carbons (Fsp3) is 0.364. The van der Waals surface area contributed by atoms with Crippen molar-refractivity contribution < 1.29 is 14.3 Å². The van der Waals surface area contributed by atoms with Crippen molar-refractivity contribution in [2.24, 2.45) is 0 Å². The number of aromatic nitrogens is 1. The van der Waals surface area contributed by atoms with Gasteiger partial charge in [0, 0.05) is 18.9 Å². The third-order valence-corrected chi connectivity index (χ3v) is 2.49. The molecule has 1 fully saturated rings. The zero-order valence-electron chi connectivity index (χ0n) is 8.92. The van der Waals surface area contributed by atoms with Gasteiger partial charge in [-0.05, 0) is 31.0 Å². The van der Waals surface area contributed by atoms with Crippen LogP contribution in [0.4, 0.5) is 4.79 Å². The maximum absolute atomic E-state index is 11.5. The predicted molar refractivity (Wildman–Crippen MR) is 55.6 cm³/mol. The summed E-state index contributed by atoms with van der Waals surface area (Å²) in [6, 6.07) is 3.71. The molecule has 0 saturated carbocycles. The maximum Gasteiger partial charge on any atom is 0.417 e. The number of hydrogen-bond acceptors (Lipinski definition) is 4. The molecule has 2 rings (SSSR count). The lowest BCUT2D eigenvalue weighted by Gasteiger charge is -2.10. The third kappa shape index (κ3) is 2.03. The first kappa shape index (κ1) is 10.6. The molecule has 1 unspecified atom stereocenters. The quantitative estimate of drug-likeness (QED) is 0.762. The van der Waals surface area contributed by atoms with E-state index in [4.69, 9.17) is 4.74 Å². The van der Waals surface area contributed by atoms with Crippen molar-refractivity contribution in [3.63, 3.8) is 0 Å². The van der Waals surface area contributed by atoms with Crippen LogP contribution in [0.2, 0.25) is 0 Å². The first-order chi connectivity index (χ1) is 7.68. The Bertz CT molecular complexity index is 405. The molecule has 1 saturated heterocycles. The topological polar surface area (TPSA) is 59.5 Å². The SMILES string of the molecule is CC1OC(=O)N(CCc2ccncc2)C1=O. The van der Waals surface area contributed by atoms with Crippen LogP contribution in [0.1, 0.15) is 12.5 Å². The van der Waals surface area contributed by atoms with E-state index in [0.29, 0.717) is 13.0 Å². The van der Waals surface area contributed by atoms with Crippen LogP contribution in [0.5, 0.6) is 0 Å². The molecule has 5 nitrogen and oxygen atoms in total. The summed E-state index contributed by atoms with van der Waals surface area (Å²) in [6.07, 6.45) is 2.79. The van der Waals surface area contributed by atoms with Gasteiger partial charge in [-0.2, -0.15) is 0 Å². The second-order valence-corrected chi connectivity index (χ2v) is 3.62. The van der Waals surface area contributed by atoms with Gasteiger partial charge in [0.2, 0.25) is 0 Å². The molecule has 2 amide bonds. The summed E-state index contributed by atoms with van der Waals surface area (Å²) in [5, 5.41) is 0. The first-order valence-electron chi connectivity index (χ1n) is 5.09. The van der Waals surface area contributed by atoms with Crippen LogP contribution in [0.3, 0.4) is 0 Å². The zero-order chi connectivity index (χ0) is 11.5. The second kappa shape index (κ2) is 4.30. The molecule has 5 heteroatoms. The van der Waals surface area contributed by atoms with Gasteiger partial charge in [0.15, 0.2) is 6.10 Å². The van der Waals surface area contributed by atoms with Crippen LogP contribution < -0.4 is 0 Å². The van der Waals surface area contributed by atoms with Gasteiger partial charge in [0.25, 0.3) is 5.91 Å². The number of amides is 2. The maximum atomic E-state index is 11.5. The molecule has 1 aromatic heterocycles. The summed E-state index contributed by atoms with van der Waals surface area (Å²) in [5.41, 5.74) is 1.04. The predicted octanol–water partition coefficient (Wildman–Crippen LogP) is 0.991. The minimum absolute atomic E-state index is 0.265. The molecule has 0 N–H and O–H groups in total. The number of hydrogen-bond donors (Lipinski definition) is 0. The van der Waals surface area contributed by atoms with E-state index in [2.05, 4.69) is 4.98 Å². The van der Waals surface area contributed by atoms with Crippen molar-refractivity contribution in [3.8, 4) is 0 Å². The van der Waals surface area contributed by atoms with Gasteiger partial charge in [0.1, 0.15) is 0 Å². The minimum atomic E-state index is -0.648. The molecule has 0 bridgehead atoms. The van der Waals surface area contributed by atoms with Gasteiger partial charge in [-0.3, -0.25) is 9.78 Å². The molecule has 0 aromatic carbocycles. The van der Waals surface area contributed by atoms with Crippen molar-refractivity contribution in [1.29, 1.82) is 0 Å². The van der Waals surface area contributed by atoms with E-state index in [0.717, 1.165) is 10.5 Å². The normalized spacial score (nSPS) is 20.1. The number of ether oxygens (including phenoxy) is 1. The average Bonchev–Trinajstić information content (AvgIpc) is 2.53. The molecule has 1 aliphatic heterocycles. The Hall–Kier alpha value is -1.91. The van der Waals surface area contributed by atoms with E-state index in [1.54, 1.807) is 19.3 Å². The molecule has 2 heterocycles. The minimum Gasteiger partial charge on any atom is -0.436 e. The summed E-state index contributed by atoms with van der Waals surface area (Å²) in [6.45, 7) is 1.93. The molecule has 0 radical (unpaired) electrons. The molecular weight excluding hydrogens is 208 g/mol. The van der Waals surface area contributed by atoms with Crippen LogP contribution in [-0.2, 0) is 16.0 Å². The second-order valence-electron chi connectivity index (χ2n) is 3.62. The fourth-order valence-electron chi connectivity index (χ4n) is 1.57. The van der Waals surface area contributed by atoms with E-state index >= 15 is 0 Å². The van der Waals surface area contributed by atoms with Crippen LogP contribution in [-0.4, -0.2) is 34.5 Å². The molecule has 0 spiro atoms. The van der Waals surface area contributed by atoms with Crippen molar-refractivity contribution in [2.45, 2.75) is 19.4 Å². The number of rotatable bonds is 3. The van der Waals surface area contributed by atoms with Gasteiger partial charge >= 0.3 is 6.09 Å². The molecule has 1 atom stereocenters. The Morgan fingerprint density at radius 3 is 2.62 bits per heavy atom. The Kier molecular flexibility index (Phi) is 2.85. The van der Waals surface area contributed by atoms with E-state index in [9.17, 15) is 9.59 Å². The van der Waals surface area contributed by atoms with Gasteiger partial charge in [0.05, 0.1) is 0 Å². The summed E-state index contributed by atoms with van der Waals surface area (Å²) in [4.78, 5) is 27.8. The van der Waals surface area contributed by atoms with Gasteiger partial charge < -0.3 is 4.74 Å². The lowest BCUT2D eigenvalue weighted by Crippen LogP contribution is -2.32. The zero-order valence-corrected chi connectivity index (χ0v) is 8.92. The van der Waals surface area contributed by atoms with Crippen molar-refractivity contribution in [1.82, 2.24) is 9.88 Å². The number of cyclic esters (lactones) is 1. The number of nitrogens with zero attached hydrogens (tertiary/aromatic N) is 2. The Labute approximate surface area is 93.0 Å². The van der Waals surface area contributed by atoms with Crippen molar-refractivity contribution >= 4 is 12.0 Å². The lowest BCUT2D eigenvalue weighted by atomic mass is 10.2. The molecule has 1 aliphatic rings. The highest BCUT2D eigenvalue weighted by molar-refractivity contribution is 5.99. The lowest BCUT2D eigenvalue weighted by molar-refractivity contribution is -0.129. The summed E-state index contributed by atoms with van der Waals surface area (Å²) < 4.78 is 4.80. The molecule has 0 aliphatic carbocycles. The summed E-state index contributed by atoms with van der Waals surface area (Å²) in [5.74, 6) is -0.265. The average molecular weight is 220 g/mol. The van der Waals surface area contributed by atoms with Crippen LogP contribution >= 0.6 is 0 Å². The molecule has 84 valence electrons. The Morgan fingerprint density at radius 1 is 1.38 bits per heavy atom. The van der Waals surface area contributed by atoms with E-state index in [-0.39, 0.29) is 5.91 Å². The largest absolute Gasteiger partial charge is 0.436 e. The van der Waals surface area contributed by atoms with Crippen LogP contribution in [0.15, 0.2) is 24.5 Å². The highest BCUT2D eigenvalue weighted by Gasteiger charge is 2.36. The van der Waals surface area contributed by atoms with E-state index in [1.807, 2.05) is 12.1 Å². The number of carbonyl (C=O) groups excluding carboxylic acids is 2. The third-order valence-electron chi connectivity index (χ3n) is 2.49. The van der Waals surface area contributed by atoms with Gasteiger partial charge in [-0.15, -0.1) is 0 Å². The number of carbonyl (C=O) groups is 2. The van der Waals surface area contributed by atoms with Crippen molar-refractivity contribution in [2.75, 3.05) is 6.54 Å². The van der Waals surface area contributed by atoms with Crippen molar-refractivity contribution in [3.05, 3.63) is 30.1 Å². The summed E-state index contributed by atoms with van der Waals surface area (Å²) in [7, 11) is 0. The number of pyridine rings is 1. The molecule has 16 heavy (non-hydrogen) atoms. The Morgan fingerprint density at radius 2 is 2.06 bits per heavy atom. The smallest absolute Gasteiger partial charge is 0.417 e. The first-order valence-corrected chi connectivity index (χ1v) is 5.09. The Balaban J connectivity index is 1.96. The molecule has 1 aromatic rings. The number of imide groups is 1. The highest BCUT2D eigenvalue weighted by atomic mass is 16.6. The highest BCUT2D eigenvalue weighted by Crippen LogP contribution is 2.13.